The number of allylic oxidation sites excluding steroid dienone is 4. The topological polar surface area (TPSA) is 110 Å². The maximum atomic E-state index is 13.0. The first-order valence-electron chi connectivity index (χ1n) is 20.1. The number of unbranched alkanes of at least 4 members (excludes halogenated alkanes) is 22. The summed E-state index contributed by atoms with van der Waals surface area (Å²) in [6, 6.07) is 3.61. The molecule has 0 aliphatic heterocycles. The van der Waals surface area contributed by atoms with Crippen molar-refractivity contribution in [2.75, 3.05) is 13.2 Å². The number of ether oxygens (including phenoxy) is 2. The molecule has 0 aromatic heterocycles. The molecule has 0 N–H and O–H groups in total. The van der Waals surface area contributed by atoms with E-state index in [4.69, 9.17) is 9.47 Å². The van der Waals surface area contributed by atoms with Crippen molar-refractivity contribution in [2.24, 2.45) is 0 Å². The van der Waals surface area contributed by atoms with E-state index in [0.29, 0.717) is 12.8 Å². The molecule has 7 nitrogen and oxygen atoms in total. The quantitative estimate of drug-likeness (QED) is 0.0231. The number of rotatable bonds is 33. The van der Waals surface area contributed by atoms with Gasteiger partial charge < -0.3 is 14.0 Å². The molecule has 0 bridgehead atoms. The van der Waals surface area contributed by atoms with Crippen molar-refractivity contribution in [2.45, 2.75) is 186 Å². The van der Waals surface area contributed by atoms with Crippen molar-refractivity contribution in [3.8, 4) is 0 Å². The van der Waals surface area contributed by atoms with E-state index in [9.17, 15) is 22.6 Å². The Morgan fingerprint density at radius 1 is 0.549 bits per heavy atom. The molecule has 0 atom stereocenters. The molecule has 0 aliphatic carbocycles. The number of carbonyl (C=O) groups excluding carboxylic acids is 2. The summed E-state index contributed by atoms with van der Waals surface area (Å²) in [5.74, 6) is -1.82. The molecule has 0 heterocycles. The Balaban J connectivity index is 0.0000250. The van der Waals surface area contributed by atoms with Gasteiger partial charge in [0.15, 0.2) is 0 Å². The third-order valence-corrected chi connectivity index (χ3v) is 9.88. The minimum absolute atomic E-state index is 0. The Bertz CT molecular complexity index is 1180. The van der Waals surface area contributed by atoms with E-state index in [1.165, 1.54) is 128 Å². The normalized spacial score (nSPS) is 11.7. The molecule has 0 spiro atoms. The van der Waals surface area contributed by atoms with Gasteiger partial charge in [-0.2, -0.15) is 0 Å². The van der Waals surface area contributed by atoms with Crippen LogP contribution < -0.4 is 51.4 Å². The molecule has 0 unspecified atom stereocenters. The predicted octanol–water partition coefficient (Wildman–Crippen LogP) is 9.20. The molecule has 0 amide bonds. The molecular formula is C42H69KO7S. The van der Waals surface area contributed by atoms with Crippen molar-refractivity contribution in [1.82, 2.24) is 0 Å². The molecule has 0 fully saturated rings. The van der Waals surface area contributed by atoms with E-state index in [2.05, 4.69) is 38.2 Å². The second-order valence-electron chi connectivity index (χ2n) is 13.6. The predicted molar refractivity (Wildman–Crippen MR) is 205 cm³/mol. The van der Waals surface area contributed by atoms with E-state index < -0.39 is 32.5 Å². The average Bonchev–Trinajstić information content (AvgIpc) is 3.10. The van der Waals surface area contributed by atoms with Gasteiger partial charge in [0, 0.05) is 0 Å². The van der Waals surface area contributed by atoms with Crippen LogP contribution >= 0.6 is 0 Å². The fourth-order valence-corrected chi connectivity index (χ4v) is 6.61. The Morgan fingerprint density at radius 2 is 0.902 bits per heavy atom. The monoisotopic (exact) mass is 756 g/mol. The standard InChI is InChI=1S/C42H70O7S.K/c1-3-5-7-9-11-13-15-17-19-21-23-25-27-29-31-36-48-41(43)38-34-33-35-39(50(45,46)47)40(38)42(44)49-37-32-30-28-26-24-22-20-18-16-14-12-10-8-6-4-2;/h9-12,33-35H,3-8,13-32,36-37H2,1-2H3,(H,45,46,47);/q;+1/p-1/b11-9+,12-10+;. The average molecular weight is 757 g/mol. The van der Waals surface area contributed by atoms with Crippen LogP contribution in [0.2, 0.25) is 0 Å². The molecular weight excluding hydrogens is 688 g/mol. The third-order valence-electron chi connectivity index (χ3n) is 9.00. The van der Waals surface area contributed by atoms with Crippen molar-refractivity contribution in [1.29, 1.82) is 0 Å². The molecule has 1 aromatic rings. The van der Waals surface area contributed by atoms with Gasteiger partial charge in [-0.25, -0.2) is 18.0 Å². The summed E-state index contributed by atoms with van der Waals surface area (Å²) >= 11 is 0. The van der Waals surface area contributed by atoms with Gasteiger partial charge in [0.1, 0.15) is 10.1 Å². The van der Waals surface area contributed by atoms with E-state index in [1.54, 1.807) is 0 Å². The summed E-state index contributed by atoms with van der Waals surface area (Å²) in [6.07, 6.45) is 38.9. The second kappa shape index (κ2) is 34.9. The first-order valence-corrected chi connectivity index (χ1v) is 21.5. The molecule has 1 rings (SSSR count). The molecule has 51 heavy (non-hydrogen) atoms. The van der Waals surface area contributed by atoms with Crippen molar-refractivity contribution in [3.63, 3.8) is 0 Å². The molecule has 9 heteroatoms. The van der Waals surface area contributed by atoms with Crippen LogP contribution in [0.25, 0.3) is 0 Å². The van der Waals surface area contributed by atoms with E-state index in [-0.39, 0.29) is 70.2 Å². The fourth-order valence-electron chi connectivity index (χ4n) is 5.92. The Hall–Kier alpha value is -0.814. The summed E-state index contributed by atoms with van der Waals surface area (Å²) in [5, 5.41) is 0. The number of esters is 2. The van der Waals surface area contributed by atoms with Crippen LogP contribution in [0.15, 0.2) is 47.4 Å². The zero-order chi connectivity index (χ0) is 36.5. The SMILES string of the molecule is CCCC/C=C/CCCCCCCCCCCOC(=O)c1cccc(S(=O)(=O)[O-])c1C(=O)OCCCCCCCCCCC/C=C/CCCC.[K+]. The summed E-state index contributed by atoms with van der Waals surface area (Å²) in [7, 11) is -5.01. The van der Waals surface area contributed by atoms with Crippen molar-refractivity contribution in [3.05, 3.63) is 53.6 Å². The van der Waals surface area contributed by atoms with Crippen LogP contribution in [0.1, 0.15) is 202 Å². The van der Waals surface area contributed by atoms with E-state index >= 15 is 0 Å². The van der Waals surface area contributed by atoms with Gasteiger partial charge in [-0.3, -0.25) is 0 Å². The molecule has 0 saturated heterocycles. The minimum atomic E-state index is -5.01. The van der Waals surface area contributed by atoms with Gasteiger partial charge in [-0.15, -0.1) is 0 Å². The largest absolute Gasteiger partial charge is 1.00 e. The van der Waals surface area contributed by atoms with Gasteiger partial charge in [-0.05, 0) is 63.5 Å². The van der Waals surface area contributed by atoms with Gasteiger partial charge in [0.25, 0.3) is 0 Å². The smallest absolute Gasteiger partial charge is 0.744 e. The maximum absolute atomic E-state index is 13.0. The van der Waals surface area contributed by atoms with Crippen LogP contribution in [0.3, 0.4) is 0 Å². The van der Waals surface area contributed by atoms with Crippen molar-refractivity contribution >= 4 is 22.1 Å². The fraction of sp³-hybridized carbons (Fsp3) is 0.714. The van der Waals surface area contributed by atoms with Crippen LogP contribution in [-0.2, 0) is 19.6 Å². The van der Waals surface area contributed by atoms with Gasteiger partial charge in [0.05, 0.1) is 29.2 Å². The molecule has 0 radical (unpaired) electrons. The maximum Gasteiger partial charge on any atom is 1.00 e. The molecule has 0 saturated carbocycles. The zero-order valence-corrected chi connectivity index (χ0v) is 36.5. The molecule has 1 aromatic carbocycles. The summed E-state index contributed by atoms with van der Waals surface area (Å²) in [6.45, 7) is 4.68. The molecule has 286 valence electrons. The number of hydrogen-bond acceptors (Lipinski definition) is 7. The van der Waals surface area contributed by atoms with Gasteiger partial charge in [0.2, 0.25) is 0 Å². The van der Waals surface area contributed by atoms with Gasteiger partial charge >= 0.3 is 63.3 Å². The summed E-state index contributed by atoms with van der Waals surface area (Å²) in [5.41, 5.74) is -0.785. The minimum Gasteiger partial charge on any atom is -0.744 e. The Labute approximate surface area is 354 Å². The number of hydrogen-bond donors (Lipinski definition) is 0. The Kier molecular flexibility index (Phi) is 34.4. The van der Waals surface area contributed by atoms with E-state index in [1.807, 2.05) is 0 Å². The number of carbonyl (C=O) groups is 2. The van der Waals surface area contributed by atoms with E-state index in [0.717, 1.165) is 44.6 Å². The van der Waals surface area contributed by atoms with Crippen molar-refractivity contribution < 1.29 is 83.4 Å². The first-order chi connectivity index (χ1) is 24.3. The summed E-state index contributed by atoms with van der Waals surface area (Å²) in [4.78, 5) is 25.1. The Morgan fingerprint density at radius 3 is 1.29 bits per heavy atom. The number of benzene rings is 1. The van der Waals surface area contributed by atoms with Crippen LogP contribution in [-0.4, -0.2) is 38.1 Å². The zero-order valence-electron chi connectivity index (χ0n) is 32.6. The van der Waals surface area contributed by atoms with Crippen LogP contribution in [0.5, 0.6) is 0 Å². The van der Waals surface area contributed by atoms with Crippen LogP contribution in [0, 0.1) is 0 Å². The second-order valence-corrected chi connectivity index (χ2v) is 14.9. The van der Waals surface area contributed by atoms with Crippen LogP contribution in [0.4, 0.5) is 0 Å². The third kappa shape index (κ3) is 27.4. The summed E-state index contributed by atoms with van der Waals surface area (Å²) < 4.78 is 46.6. The first kappa shape index (κ1) is 50.2. The molecule has 0 aliphatic rings. The van der Waals surface area contributed by atoms with Gasteiger partial charge in [-0.1, -0.05) is 160 Å².